The Morgan fingerprint density at radius 3 is 2.43 bits per heavy atom. The summed E-state index contributed by atoms with van der Waals surface area (Å²) in [7, 11) is -3.81. The number of nitriles is 1. The van der Waals surface area contributed by atoms with Gasteiger partial charge in [-0.15, -0.1) is 0 Å². The minimum Gasteiger partial charge on any atom is -0.280 e. The zero-order valence-electron chi connectivity index (χ0n) is 10.7. The number of nitrogens with one attached hydrogen (secondary N) is 1. The Morgan fingerprint density at radius 2 is 1.86 bits per heavy atom. The minimum atomic E-state index is -3.81. The fourth-order valence-electron chi connectivity index (χ4n) is 1.69. The molecule has 2 aromatic carbocycles. The van der Waals surface area contributed by atoms with Gasteiger partial charge in [0.15, 0.2) is 0 Å². The zero-order chi connectivity index (χ0) is 15.5. The average molecular weight is 369 g/mol. The number of hydrogen-bond donors (Lipinski definition) is 1. The van der Waals surface area contributed by atoms with E-state index in [-0.39, 0.29) is 15.8 Å². The number of benzene rings is 2. The van der Waals surface area contributed by atoms with Crippen LogP contribution >= 0.6 is 15.9 Å². The maximum Gasteiger partial charge on any atom is 0.263 e. The third-order valence-corrected chi connectivity index (χ3v) is 5.03. The maximum atomic E-state index is 13.0. The van der Waals surface area contributed by atoms with Crippen LogP contribution in [0.15, 0.2) is 51.8 Å². The number of rotatable bonds is 4. The van der Waals surface area contributed by atoms with Crippen molar-refractivity contribution in [3.05, 3.63) is 58.3 Å². The molecule has 0 fully saturated rings. The van der Waals surface area contributed by atoms with Gasteiger partial charge in [0.2, 0.25) is 0 Å². The quantitative estimate of drug-likeness (QED) is 0.898. The van der Waals surface area contributed by atoms with Gasteiger partial charge in [-0.3, -0.25) is 4.72 Å². The van der Waals surface area contributed by atoms with E-state index in [1.165, 1.54) is 6.07 Å². The lowest BCUT2D eigenvalue weighted by molar-refractivity contribution is 0.599. The van der Waals surface area contributed by atoms with Crippen molar-refractivity contribution in [2.45, 2.75) is 11.3 Å². The van der Waals surface area contributed by atoms with Gasteiger partial charge in [-0.25, -0.2) is 12.8 Å². The molecule has 2 aromatic rings. The van der Waals surface area contributed by atoms with Crippen molar-refractivity contribution >= 4 is 31.6 Å². The highest BCUT2D eigenvalue weighted by Gasteiger charge is 2.18. The van der Waals surface area contributed by atoms with Crippen LogP contribution in [-0.2, 0) is 16.4 Å². The van der Waals surface area contributed by atoms with Crippen molar-refractivity contribution in [1.29, 1.82) is 5.26 Å². The summed E-state index contributed by atoms with van der Waals surface area (Å²) in [6.45, 7) is 0. The number of hydrogen-bond acceptors (Lipinski definition) is 3. The molecule has 4 nitrogen and oxygen atoms in total. The summed E-state index contributed by atoms with van der Waals surface area (Å²) < 4.78 is 40.0. The van der Waals surface area contributed by atoms with Crippen LogP contribution in [-0.4, -0.2) is 8.42 Å². The van der Waals surface area contributed by atoms with E-state index in [1.807, 2.05) is 6.07 Å². The van der Waals surface area contributed by atoms with Crippen molar-refractivity contribution in [2.24, 2.45) is 0 Å². The molecule has 0 saturated heterocycles. The van der Waals surface area contributed by atoms with Crippen LogP contribution in [0.3, 0.4) is 0 Å². The van der Waals surface area contributed by atoms with Crippen LogP contribution in [0.2, 0.25) is 0 Å². The molecule has 0 heterocycles. The van der Waals surface area contributed by atoms with E-state index in [0.29, 0.717) is 5.69 Å². The van der Waals surface area contributed by atoms with E-state index >= 15 is 0 Å². The van der Waals surface area contributed by atoms with E-state index in [9.17, 15) is 12.8 Å². The van der Waals surface area contributed by atoms with Gasteiger partial charge in [-0.2, -0.15) is 5.26 Å². The minimum absolute atomic E-state index is 0.0509. The lowest BCUT2D eigenvalue weighted by atomic mass is 10.1. The summed E-state index contributed by atoms with van der Waals surface area (Å²) in [5.41, 5.74) is 1.16. The van der Waals surface area contributed by atoms with Crippen LogP contribution in [0, 0.1) is 17.1 Å². The Labute approximate surface area is 130 Å². The Morgan fingerprint density at radius 1 is 1.19 bits per heavy atom. The molecule has 1 N–H and O–H groups in total. The van der Waals surface area contributed by atoms with E-state index in [0.717, 1.165) is 17.7 Å². The van der Waals surface area contributed by atoms with E-state index < -0.39 is 15.8 Å². The summed E-state index contributed by atoms with van der Waals surface area (Å²) in [5.74, 6) is -0.526. The summed E-state index contributed by atoms with van der Waals surface area (Å²) in [6, 6.07) is 11.8. The van der Waals surface area contributed by atoms with Crippen molar-refractivity contribution in [3.63, 3.8) is 0 Å². The molecule has 0 atom stereocenters. The fourth-order valence-corrected chi connectivity index (χ4v) is 3.79. The molecule has 0 spiro atoms. The van der Waals surface area contributed by atoms with Crippen molar-refractivity contribution < 1.29 is 12.8 Å². The molecule has 0 saturated carbocycles. The molecule has 0 aromatic heterocycles. The zero-order valence-corrected chi connectivity index (χ0v) is 13.1. The third kappa shape index (κ3) is 3.80. The topological polar surface area (TPSA) is 70.0 Å². The van der Waals surface area contributed by atoms with Crippen molar-refractivity contribution in [1.82, 2.24) is 0 Å². The highest BCUT2D eigenvalue weighted by atomic mass is 79.9. The molecular formula is C14H10BrFN2O2S. The van der Waals surface area contributed by atoms with Gasteiger partial charge < -0.3 is 0 Å². The summed E-state index contributed by atoms with van der Waals surface area (Å²) in [6.07, 6.45) is 0.260. The van der Waals surface area contributed by atoms with Gasteiger partial charge in [0, 0.05) is 10.2 Å². The molecule has 0 aliphatic carbocycles. The highest BCUT2D eigenvalue weighted by Crippen LogP contribution is 2.25. The van der Waals surface area contributed by atoms with Gasteiger partial charge in [-0.1, -0.05) is 12.1 Å². The third-order valence-electron chi connectivity index (χ3n) is 2.67. The van der Waals surface area contributed by atoms with Crippen LogP contribution in [0.4, 0.5) is 10.1 Å². The second kappa shape index (κ2) is 6.24. The lowest BCUT2D eigenvalue weighted by Gasteiger charge is -2.10. The Hall–Kier alpha value is -1.91. The number of nitrogens with zero attached hydrogens (tertiary/aromatic N) is 1. The van der Waals surface area contributed by atoms with Gasteiger partial charge in [0.05, 0.1) is 12.5 Å². The first kappa shape index (κ1) is 15.5. The van der Waals surface area contributed by atoms with Crippen molar-refractivity contribution in [2.75, 3.05) is 4.72 Å². The maximum absolute atomic E-state index is 13.0. The Bertz CT molecular complexity index is 799. The predicted octanol–water partition coefficient (Wildman–Crippen LogP) is 3.46. The molecule has 0 bridgehead atoms. The molecule has 0 amide bonds. The van der Waals surface area contributed by atoms with Gasteiger partial charge in [-0.05, 0) is 51.8 Å². The first-order valence-corrected chi connectivity index (χ1v) is 8.14. The number of sulfonamides is 1. The molecule has 7 heteroatoms. The molecule has 0 aliphatic heterocycles. The van der Waals surface area contributed by atoms with Gasteiger partial charge in [0.25, 0.3) is 10.0 Å². The standard InChI is InChI=1S/C14H10BrFN2O2S/c15-13-9-11(16)3-6-14(13)21(19,20)18-12-4-1-10(2-5-12)7-8-17/h1-6,9,18H,7H2. The monoisotopic (exact) mass is 368 g/mol. The molecule has 0 aliphatic rings. The van der Waals surface area contributed by atoms with Crippen LogP contribution in [0.25, 0.3) is 0 Å². The van der Waals surface area contributed by atoms with E-state index in [1.54, 1.807) is 24.3 Å². The molecule has 0 radical (unpaired) electrons. The SMILES string of the molecule is N#CCc1ccc(NS(=O)(=O)c2ccc(F)cc2Br)cc1. The van der Waals surface area contributed by atoms with Crippen LogP contribution in [0.5, 0.6) is 0 Å². The largest absolute Gasteiger partial charge is 0.280 e. The van der Waals surface area contributed by atoms with Gasteiger partial charge >= 0.3 is 0 Å². The van der Waals surface area contributed by atoms with E-state index in [4.69, 9.17) is 5.26 Å². The fraction of sp³-hybridized carbons (Fsp3) is 0.0714. The van der Waals surface area contributed by atoms with Crippen molar-refractivity contribution in [3.8, 4) is 6.07 Å². The lowest BCUT2D eigenvalue weighted by Crippen LogP contribution is -2.13. The van der Waals surface area contributed by atoms with Crippen LogP contribution in [0.1, 0.15) is 5.56 Å². The van der Waals surface area contributed by atoms with Gasteiger partial charge in [0.1, 0.15) is 10.7 Å². The Balaban J connectivity index is 2.27. The normalized spacial score (nSPS) is 10.9. The van der Waals surface area contributed by atoms with E-state index in [2.05, 4.69) is 20.7 Å². The summed E-state index contributed by atoms with van der Waals surface area (Å²) in [5, 5.41) is 8.58. The first-order valence-electron chi connectivity index (χ1n) is 5.86. The number of anilines is 1. The second-order valence-electron chi connectivity index (χ2n) is 4.21. The molecule has 21 heavy (non-hydrogen) atoms. The second-order valence-corrected chi connectivity index (χ2v) is 6.72. The first-order chi connectivity index (χ1) is 9.92. The summed E-state index contributed by atoms with van der Waals surface area (Å²) >= 11 is 3.03. The molecule has 0 unspecified atom stereocenters. The molecule has 108 valence electrons. The highest BCUT2D eigenvalue weighted by molar-refractivity contribution is 9.10. The predicted molar refractivity (Wildman–Crippen MR) is 80.7 cm³/mol. The average Bonchev–Trinajstić information content (AvgIpc) is 2.40. The Kier molecular flexibility index (Phi) is 4.60. The van der Waals surface area contributed by atoms with Crippen LogP contribution < -0.4 is 4.72 Å². The summed E-state index contributed by atoms with van der Waals surface area (Å²) in [4.78, 5) is -0.0509. The smallest absolute Gasteiger partial charge is 0.263 e. The molecular weight excluding hydrogens is 359 g/mol. The molecule has 2 rings (SSSR count). The number of halogens is 2.